The summed E-state index contributed by atoms with van der Waals surface area (Å²) < 4.78 is 18.2. The van der Waals surface area contributed by atoms with Crippen LogP contribution in [0, 0.1) is 0 Å². The molecule has 0 aliphatic carbocycles. The molecule has 0 saturated heterocycles. The normalized spacial score (nSPS) is 11.6. The van der Waals surface area contributed by atoms with Crippen LogP contribution in [0.25, 0.3) is 49.2 Å². The van der Waals surface area contributed by atoms with Gasteiger partial charge < -0.3 is 19.2 Å². The largest absolute Gasteiger partial charge is 0.456 e. The highest BCUT2D eigenvalue weighted by molar-refractivity contribution is 6.26. The second-order valence-electron chi connectivity index (χ2n) is 9.53. The van der Waals surface area contributed by atoms with Gasteiger partial charge in [-0.3, -0.25) is 9.59 Å². The summed E-state index contributed by atoms with van der Waals surface area (Å²) in [6.45, 7) is 1.24. The SMILES string of the molecule is COCCCNc1ncnc(Oc2cccc(-n3c(=O)c4ccc5oc6ccccc6c6ccc(c3=O)c4c56)c2)n1. The van der Waals surface area contributed by atoms with Crippen molar-refractivity contribution in [1.82, 2.24) is 19.5 Å². The Balaban J connectivity index is 1.31. The van der Waals surface area contributed by atoms with Gasteiger partial charge in [0, 0.05) is 53.3 Å². The Bertz CT molecular complexity index is 2160. The first-order valence-corrected chi connectivity index (χ1v) is 13.1. The van der Waals surface area contributed by atoms with E-state index in [4.69, 9.17) is 13.9 Å². The molecule has 0 radical (unpaired) electrons. The zero-order chi connectivity index (χ0) is 27.9. The van der Waals surface area contributed by atoms with Crippen molar-refractivity contribution in [3.05, 3.63) is 99.8 Å². The molecular weight excluding hydrogens is 522 g/mol. The van der Waals surface area contributed by atoms with E-state index in [0.717, 1.165) is 28.2 Å². The Kier molecular flexibility index (Phi) is 6.02. The fourth-order valence-electron chi connectivity index (χ4n) is 5.22. The van der Waals surface area contributed by atoms with E-state index in [1.807, 2.05) is 30.3 Å². The number of nitrogens with one attached hydrogen (secondary N) is 1. The van der Waals surface area contributed by atoms with Crippen LogP contribution in [0.3, 0.4) is 0 Å². The van der Waals surface area contributed by atoms with Crippen molar-refractivity contribution in [1.29, 1.82) is 0 Å². The maximum atomic E-state index is 13.8. The molecule has 3 aromatic heterocycles. The van der Waals surface area contributed by atoms with Gasteiger partial charge in [-0.25, -0.2) is 9.55 Å². The van der Waals surface area contributed by atoms with Crippen LogP contribution >= 0.6 is 0 Å². The van der Waals surface area contributed by atoms with Crippen molar-refractivity contribution in [2.45, 2.75) is 6.42 Å². The first-order chi connectivity index (χ1) is 20.1. The number of ether oxygens (including phenoxy) is 2. The molecular formula is C31H23N5O5. The number of para-hydroxylation sites is 1. The molecule has 7 rings (SSSR count). The van der Waals surface area contributed by atoms with Crippen LogP contribution < -0.4 is 21.2 Å². The van der Waals surface area contributed by atoms with Crippen LogP contribution in [0.2, 0.25) is 0 Å². The van der Waals surface area contributed by atoms with Crippen molar-refractivity contribution < 1.29 is 13.9 Å². The van der Waals surface area contributed by atoms with Crippen LogP contribution in [-0.4, -0.2) is 39.8 Å². The van der Waals surface area contributed by atoms with Crippen LogP contribution in [-0.2, 0) is 4.74 Å². The minimum absolute atomic E-state index is 0.0765. The molecule has 0 unspecified atom stereocenters. The van der Waals surface area contributed by atoms with E-state index in [1.165, 1.54) is 10.9 Å². The summed E-state index contributed by atoms with van der Waals surface area (Å²) in [5, 5.41) is 7.16. The minimum Gasteiger partial charge on any atom is -0.456 e. The van der Waals surface area contributed by atoms with Gasteiger partial charge in [-0.2, -0.15) is 9.97 Å². The number of benzene rings is 4. The molecule has 0 fully saturated rings. The number of anilines is 1. The maximum Gasteiger partial charge on any atom is 0.326 e. The van der Waals surface area contributed by atoms with Crippen molar-refractivity contribution in [3.8, 4) is 17.4 Å². The number of aromatic nitrogens is 4. The Morgan fingerprint density at radius 2 is 1.63 bits per heavy atom. The van der Waals surface area contributed by atoms with Crippen LogP contribution in [0.4, 0.5) is 5.95 Å². The summed E-state index contributed by atoms with van der Waals surface area (Å²) in [6.07, 6.45) is 2.14. The fraction of sp³-hybridized carbons (Fsp3) is 0.129. The van der Waals surface area contributed by atoms with Gasteiger partial charge in [0.25, 0.3) is 11.1 Å². The number of pyridine rings is 1. The lowest BCUT2D eigenvalue weighted by atomic mass is 9.96. The number of hydrogen-bond acceptors (Lipinski definition) is 9. The fourth-order valence-corrected chi connectivity index (χ4v) is 5.22. The number of hydrogen-bond donors (Lipinski definition) is 1. The van der Waals surface area contributed by atoms with E-state index in [0.29, 0.717) is 52.3 Å². The Morgan fingerprint density at radius 3 is 2.49 bits per heavy atom. The highest BCUT2D eigenvalue weighted by atomic mass is 16.5. The lowest BCUT2D eigenvalue weighted by Gasteiger charge is -2.14. The number of fused-ring (bicyclic) bond motifs is 2. The van der Waals surface area contributed by atoms with Crippen LogP contribution in [0.1, 0.15) is 6.42 Å². The van der Waals surface area contributed by atoms with E-state index in [-0.39, 0.29) is 6.01 Å². The summed E-state index contributed by atoms with van der Waals surface area (Å²) in [4.78, 5) is 40.1. The first kappa shape index (κ1) is 24.7. The van der Waals surface area contributed by atoms with Gasteiger partial charge in [-0.15, -0.1) is 0 Å². The third-order valence-corrected chi connectivity index (χ3v) is 7.03. The Morgan fingerprint density at radius 1 is 0.829 bits per heavy atom. The molecule has 10 nitrogen and oxygen atoms in total. The molecule has 0 saturated carbocycles. The van der Waals surface area contributed by atoms with Gasteiger partial charge in [0.05, 0.1) is 5.69 Å². The van der Waals surface area contributed by atoms with Crippen molar-refractivity contribution >= 4 is 49.4 Å². The monoisotopic (exact) mass is 545 g/mol. The third-order valence-electron chi connectivity index (χ3n) is 7.03. The summed E-state index contributed by atoms with van der Waals surface area (Å²) in [5.74, 6) is 0.729. The summed E-state index contributed by atoms with van der Waals surface area (Å²) >= 11 is 0. The van der Waals surface area contributed by atoms with E-state index in [9.17, 15) is 9.59 Å². The molecule has 0 spiro atoms. The molecule has 0 aliphatic rings. The molecule has 1 N–H and O–H groups in total. The Labute approximate surface area is 232 Å². The van der Waals surface area contributed by atoms with Gasteiger partial charge in [0.2, 0.25) is 5.95 Å². The highest BCUT2D eigenvalue weighted by Crippen LogP contribution is 2.36. The zero-order valence-electron chi connectivity index (χ0n) is 22.0. The summed E-state index contributed by atoms with van der Waals surface area (Å²) in [6, 6.07) is 21.7. The van der Waals surface area contributed by atoms with Gasteiger partial charge in [-0.1, -0.05) is 30.3 Å². The number of methoxy groups -OCH3 is 1. The Hall–Kier alpha value is -5.35. The molecule has 0 amide bonds. The average Bonchev–Trinajstić information content (AvgIpc) is 2.99. The summed E-state index contributed by atoms with van der Waals surface area (Å²) in [7, 11) is 1.65. The van der Waals surface area contributed by atoms with Crippen molar-refractivity contribution in [3.63, 3.8) is 0 Å². The molecule has 0 aliphatic heterocycles. The third kappa shape index (κ3) is 4.21. The number of nitrogens with zero attached hydrogens (tertiary/aromatic N) is 4. The van der Waals surface area contributed by atoms with Gasteiger partial charge in [-0.05, 0) is 48.2 Å². The molecule has 0 bridgehead atoms. The van der Waals surface area contributed by atoms with E-state index >= 15 is 0 Å². The topological polar surface area (TPSA) is 121 Å². The number of rotatable bonds is 8. The van der Waals surface area contributed by atoms with E-state index in [1.54, 1.807) is 49.6 Å². The average molecular weight is 546 g/mol. The molecule has 10 heteroatoms. The predicted molar refractivity (Wildman–Crippen MR) is 157 cm³/mol. The first-order valence-electron chi connectivity index (χ1n) is 13.1. The molecule has 0 atom stereocenters. The van der Waals surface area contributed by atoms with Crippen molar-refractivity contribution in [2.75, 3.05) is 25.6 Å². The predicted octanol–water partition coefficient (Wildman–Crippen LogP) is 5.27. The summed E-state index contributed by atoms with van der Waals surface area (Å²) in [5.41, 5.74) is 0.871. The van der Waals surface area contributed by atoms with Crippen LogP contribution in [0.15, 0.2) is 93.1 Å². The standard InChI is InChI=1S/C31H23N5O5/c1-39-15-5-14-32-30-33-17-34-31(35-30)40-19-7-4-6-18(16-19)36-28(37)22-11-10-21-20-8-2-3-9-24(20)41-25-13-12-23(29(36)38)26(22)27(21)25/h2-4,6-13,16-17H,5,14-15H2,1H3,(H,32,33,34,35). The van der Waals surface area contributed by atoms with Crippen LogP contribution in [0.5, 0.6) is 11.8 Å². The van der Waals surface area contributed by atoms with Gasteiger partial charge in [0.15, 0.2) is 0 Å². The van der Waals surface area contributed by atoms with Gasteiger partial charge in [0.1, 0.15) is 23.2 Å². The lowest BCUT2D eigenvalue weighted by molar-refractivity contribution is 0.197. The quantitative estimate of drug-likeness (QED) is 0.155. The molecule has 7 aromatic rings. The molecule has 3 heterocycles. The zero-order valence-corrected chi connectivity index (χ0v) is 22.0. The molecule has 202 valence electrons. The smallest absolute Gasteiger partial charge is 0.326 e. The van der Waals surface area contributed by atoms with E-state index in [2.05, 4.69) is 20.3 Å². The van der Waals surface area contributed by atoms with Crippen molar-refractivity contribution in [2.24, 2.45) is 0 Å². The maximum absolute atomic E-state index is 13.8. The molecule has 41 heavy (non-hydrogen) atoms. The van der Waals surface area contributed by atoms with Gasteiger partial charge >= 0.3 is 6.01 Å². The molecule has 4 aromatic carbocycles. The second-order valence-corrected chi connectivity index (χ2v) is 9.53. The van der Waals surface area contributed by atoms with E-state index < -0.39 is 11.1 Å². The minimum atomic E-state index is -0.426. The second kappa shape index (κ2) is 10.00. The lowest BCUT2D eigenvalue weighted by Crippen LogP contribution is -2.31. The highest BCUT2D eigenvalue weighted by Gasteiger charge is 2.20.